The van der Waals surface area contributed by atoms with Gasteiger partial charge in [0.05, 0.1) is 7.11 Å². The van der Waals surface area contributed by atoms with Crippen LogP contribution in [-0.2, 0) is 4.74 Å². The first-order chi connectivity index (χ1) is 7.13. The van der Waals surface area contributed by atoms with Gasteiger partial charge in [0.15, 0.2) is 5.69 Å². The fourth-order valence-corrected chi connectivity index (χ4v) is 1.77. The van der Waals surface area contributed by atoms with E-state index in [1.54, 1.807) is 0 Å². The Morgan fingerprint density at radius 1 is 1.53 bits per heavy atom. The smallest absolute Gasteiger partial charge is 0.357 e. The predicted octanol–water partition coefficient (Wildman–Crippen LogP) is 1.38. The minimum Gasteiger partial charge on any atom is -0.464 e. The van der Waals surface area contributed by atoms with Gasteiger partial charge in [0.25, 0.3) is 0 Å². The molecule has 1 aromatic rings. The summed E-state index contributed by atoms with van der Waals surface area (Å²) in [7, 11) is 1.30. The number of rotatable bonds is 2. The van der Waals surface area contributed by atoms with Crippen LogP contribution in [0.4, 0.5) is 5.95 Å². The number of ether oxygens (including phenoxy) is 1. The molecular weight excluding hydrogens is 218 g/mol. The van der Waals surface area contributed by atoms with Crippen molar-refractivity contribution >= 4 is 23.5 Å². The molecule has 1 aromatic heterocycles. The maximum atomic E-state index is 11.4. The maximum absolute atomic E-state index is 11.4. The van der Waals surface area contributed by atoms with Crippen molar-refractivity contribution in [3.63, 3.8) is 0 Å². The number of nitrogen functional groups attached to an aromatic ring is 1. The van der Waals surface area contributed by atoms with Gasteiger partial charge < -0.3 is 10.5 Å². The Bertz CT molecular complexity index is 418. The number of hydrogen-bond acceptors (Lipinski definition) is 5. The Labute approximate surface area is 91.6 Å². The highest BCUT2D eigenvalue weighted by molar-refractivity contribution is 6.30. The summed E-state index contributed by atoms with van der Waals surface area (Å²) in [5, 5.41) is 0.255. The summed E-state index contributed by atoms with van der Waals surface area (Å²) >= 11 is 5.93. The first-order valence-electron chi connectivity index (χ1n) is 4.54. The van der Waals surface area contributed by atoms with E-state index in [4.69, 9.17) is 17.3 Å². The number of anilines is 1. The maximum Gasteiger partial charge on any atom is 0.357 e. The monoisotopic (exact) mass is 227 g/mol. The molecule has 15 heavy (non-hydrogen) atoms. The average molecular weight is 228 g/mol. The minimum atomic E-state index is -0.520. The van der Waals surface area contributed by atoms with E-state index in [-0.39, 0.29) is 22.7 Å². The third-order valence-electron chi connectivity index (χ3n) is 2.28. The van der Waals surface area contributed by atoms with Crippen LogP contribution in [0.25, 0.3) is 0 Å². The summed E-state index contributed by atoms with van der Waals surface area (Å²) in [5.74, 6) is -0.259. The molecule has 6 heteroatoms. The van der Waals surface area contributed by atoms with Crippen LogP contribution in [0.5, 0.6) is 0 Å². The van der Waals surface area contributed by atoms with E-state index in [9.17, 15) is 4.79 Å². The molecule has 0 spiro atoms. The second-order valence-corrected chi connectivity index (χ2v) is 3.76. The largest absolute Gasteiger partial charge is 0.464 e. The molecule has 2 rings (SSSR count). The Morgan fingerprint density at radius 3 is 2.73 bits per heavy atom. The molecule has 2 N–H and O–H groups in total. The number of halogens is 1. The molecule has 0 unspecified atom stereocenters. The Hall–Kier alpha value is -1.36. The topological polar surface area (TPSA) is 78.1 Å². The lowest BCUT2D eigenvalue weighted by Crippen LogP contribution is -2.12. The zero-order valence-corrected chi connectivity index (χ0v) is 8.91. The summed E-state index contributed by atoms with van der Waals surface area (Å²) in [6, 6.07) is 0. The average Bonchev–Trinajstić information content (AvgIpc) is 2.99. The lowest BCUT2D eigenvalue weighted by Gasteiger charge is -2.07. The molecule has 0 bridgehead atoms. The van der Waals surface area contributed by atoms with Crippen LogP contribution in [0.2, 0.25) is 5.15 Å². The van der Waals surface area contributed by atoms with Crippen molar-refractivity contribution in [2.24, 2.45) is 0 Å². The molecule has 1 heterocycles. The van der Waals surface area contributed by atoms with Crippen LogP contribution >= 0.6 is 11.6 Å². The van der Waals surface area contributed by atoms with E-state index >= 15 is 0 Å². The van der Waals surface area contributed by atoms with Crippen LogP contribution in [-0.4, -0.2) is 23.0 Å². The van der Waals surface area contributed by atoms with Crippen molar-refractivity contribution in [2.75, 3.05) is 12.8 Å². The Balaban J connectivity index is 2.53. The third-order valence-corrected chi connectivity index (χ3v) is 2.57. The van der Waals surface area contributed by atoms with Crippen molar-refractivity contribution in [1.82, 2.24) is 9.97 Å². The quantitative estimate of drug-likeness (QED) is 0.610. The molecule has 80 valence electrons. The second-order valence-electron chi connectivity index (χ2n) is 3.40. The first-order valence-corrected chi connectivity index (χ1v) is 4.92. The van der Waals surface area contributed by atoms with Gasteiger partial charge in [-0.15, -0.1) is 0 Å². The molecule has 0 radical (unpaired) electrons. The van der Waals surface area contributed by atoms with Crippen molar-refractivity contribution in [2.45, 2.75) is 18.8 Å². The van der Waals surface area contributed by atoms with Crippen molar-refractivity contribution in [3.05, 3.63) is 16.4 Å². The van der Waals surface area contributed by atoms with E-state index in [1.165, 1.54) is 7.11 Å². The van der Waals surface area contributed by atoms with Gasteiger partial charge in [0.2, 0.25) is 5.95 Å². The lowest BCUT2D eigenvalue weighted by molar-refractivity contribution is 0.0592. The van der Waals surface area contributed by atoms with Crippen LogP contribution in [0.1, 0.15) is 34.8 Å². The van der Waals surface area contributed by atoms with E-state index < -0.39 is 5.97 Å². The number of hydrogen-bond donors (Lipinski definition) is 1. The van der Waals surface area contributed by atoms with Gasteiger partial charge in [-0.25, -0.2) is 14.8 Å². The van der Waals surface area contributed by atoms with Gasteiger partial charge in [0.1, 0.15) is 5.15 Å². The number of carbonyl (C=O) groups is 1. The summed E-state index contributed by atoms with van der Waals surface area (Å²) in [6.07, 6.45) is 1.99. The van der Waals surface area contributed by atoms with Crippen LogP contribution in [0, 0.1) is 0 Å². The fourth-order valence-electron chi connectivity index (χ4n) is 1.44. The van der Waals surface area contributed by atoms with Crippen molar-refractivity contribution < 1.29 is 9.53 Å². The predicted molar refractivity (Wildman–Crippen MR) is 54.8 cm³/mol. The summed E-state index contributed by atoms with van der Waals surface area (Å²) in [6.45, 7) is 0. The fraction of sp³-hybridized carbons (Fsp3) is 0.444. The molecule has 0 amide bonds. The minimum absolute atomic E-state index is 0.00944. The van der Waals surface area contributed by atoms with E-state index in [1.807, 2.05) is 0 Å². The first kappa shape index (κ1) is 10.2. The Morgan fingerprint density at radius 2 is 2.20 bits per heavy atom. The van der Waals surface area contributed by atoms with Gasteiger partial charge >= 0.3 is 5.97 Å². The van der Waals surface area contributed by atoms with E-state index in [0.717, 1.165) is 12.8 Å². The SMILES string of the molecule is COC(=O)c1nc(N)nc(Cl)c1C1CC1. The molecule has 1 aliphatic rings. The van der Waals surface area contributed by atoms with Gasteiger partial charge in [-0.05, 0) is 18.8 Å². The number of esters is 1. The number of nitrogens with two attached hydrogens (primary N) is 1. The van der Waals surface area contributed by atoms with Crippen molar-refractivity contribution in [3.8, 4) is 0 Å². The van der Waals surface area contributed by atoms with Crippen molar-refractivity contribution in [1.29, 1.82) is 0 Å². The molecule has 0 saturated heterocycles. The highest BCUT2D eigenvalue weighted by Crippen LogP contribution is 2.44. The number of carbonyl (C=O) groups excluding carboxylic acids is 1. The van der Waals surface area contributed by atoms with Crippen LogP contribution < -0.4 is 5.73 Å². The third kappa shape index (κ3) is 1.87. The Kier molecular flexibility index (Phi) is 2.48. The lowest BCUT2D eigenvalue weighted by atomic mass is 10.1. The van der Waals surface area contributed by atoms with Crippen LogP contribution in [0.3, 0.4) is 0 Å². The number of aromatic nitrogens is 2. The zero-order chi connectivity index (χ0) is 11.0. The molecule has 5 nitrogen and oxygen atoms in total. The molecule has 1 aliphatic carbocycles. The number of nitrogens with zero attached hydrogens (tertiary/aromatic N) is 2. The zero-order valence-electron chi connectivity index (χ0n) is 8.16. The molecule has 0 atom stereocenters. The van der Waals surface area contributed by atoms with Crippen LogP contribution in [0.15, 0.2) is 0 Å². The standard InChI is InChI=1S/C9H10ClN3O2/c1-15-8(14)6-5(4-2-3-4)7(10)13-9(11)12-6/h4H,2-3H2,1H3,(H2,11,12,13). The van der Waals surface area contributed by atoms with Gasteiger partial charge in [-0.2, -0.15) is 0 Å². The summed E-state index contributed by atoms with van der Waals surface area (Å²) in [4.78, 5) is 19.2. The molecule has 0 aromatic carbocycles. The molecular formula is C9H10ClN3O2. The summed E-state index contributed by atoms with van der Waals surface area (Å²) < 4.78 is 4.62. The number of methoxy groups -OCH3 is 1. The molecule has 0 aliphatic heterocycles. The van der Waals surface area contributed by atoms with Gasteiger partial charge in [0, 0.05) is 5.56 Å². The normalized spacial score (nSPS) is 15.1. The van der Waals surface area contributed by atoms with Gasteiger partial charge in [-0.3, -0.25) is 0 Å². The highest BCUT2D eigenvalue weighted by Gasteiger charge is 2.32. The van der Waals surface area contributed by atoms with E-state index in [2.05, 4.69) is 14.7 Å². The van der Waals surface area contributed by atoms with Gasteiger partial charge in [-0.1, -0.05) is 11.6 Å². The molecule has 1 fully saturated rings. The molecule has 1 saturated carbocycles. The highest BCUT2D eigenvalue weighted by atomic mass is 35.5. The van der Waals surface area contributed by atoms with E-state index in [0.29, 0.717) is 5.56 Å². The second kappa shape index (κ2) is 3.66. The summed E-state index contributed by atoms with van der Waals surface area (Å²) in [5.41, 5.74) is 6.28.